The van der Waals surface area contributed by atoms with E-state index in [1.165, 1.54) is 115 Å². The number of benzene rings is 6. The van der Waals surface area contributed by atoms with Crippen LogP contribution in [0, 0.1) is 0 Å². The third-order valence-electron chi connectivity index (χ3n) is 17.7. The highest BCUT2D eigenvalue weighted by atomic mass is 16.5. The SMILES string of the molecule is CC(C)N1CCCOCC1.CC(C)N1CCCc2ccccc21.CC(C)N1CCNc2ccccc21.CC(C)N1CCOc2ccccc21.CC(C)N1CCc2ccccc21.CC(C)N1CCc2ccccc2C1.CC(C)N1Cc2ccccc2C1. The lowest BCUT2D eigenvalue weighted by atomic mass is 9.99. The van der Waals surface area contributed by atoms with Crippen molar-refractivity contribution >= 4 is 28.4 Å². The van der Waals surface area contributed by atoms with E-state index in [-0.39, 0.29) is 0 Å². The fourth-order valence-corrected chi connectivity index (χ4v) is 12.5. The molecular formula is C76H112N8O2. The molecule has 0 amide bonds. The molecule has 0 unspecified atom stereocenters. The Bertz CT molecular complexity index is 2720. The standard InChI is InChI=1S/2C12H17N.C11H16N2.C11H15NO.2C11H15N.C8H17NO/c1-10(2)13-9-5-7-11-6-3-4-8-12(11)13;1-10(2)13-8-7-11-5-3-4-6-12(11)9-13;1-9(2)13-8-7-12-10-5-3-4-6-11(10)13;1-9(2)12-7-8-13-11-6-4-3-5-10(11)12;1-9(2)12-7-10-5-3-4-6-11(10)8-12;1-9(2)12-8-7-10-5-3-4-6-11(10)12;1-8(2)9-4-3-6-10-7-5-9/h3-4,6,8,10H,5,7,9H2,1-2H3;3-6,10H,7-9H2,1-2H3;3-6,9,12H,7-8H2,1-2H3;3-6,9H,7-8H2,1-2H3;2*3-6,9H,7-8H2,1-2H3;8H,3-7H2,1-2H3. The zero-order valence-electron chi connectivity index (χ0n) is 55.8. The Balaban J connectivity index is 0.000000144. The minimum Gasteiger partial charge on any atom is -0.490 e. The third-order valence-corrected chi connectivity index (χ3v) is 17.7. The summed E-state index contributed by atoms with van der Waals surface area (Å²) < 4.78 is 10.9. The van der Waals surface area contributed by atoms with Gasteiger partial charge >= 0.3 is 0 Å². The fraction of sp³-hybridized carbons (Fsp3) is 0.526. The van der Waals surface area contributed by atoms with Crippen molar-refractivity contribution in [3.8, 4) is 5.75 Å². The first-order valence-electron chi connectivity index (χ1n) is 33.2. The lowest BCUT2D eigenvalue weighted by Gasteiger charge is -2.35. The molecule has 0 aliphatic carbocycles. The molecule has 10 nitrogen and oxygen atoms in total. The first-order chi connectivity index (χ1) is 41.5. The number of fused-ring (bicyclic) bond motifs is 6. The van der Waals surface area contributed by atoms with E-state index in [9.17, 15) is 0 Å². The van der Waals surface area contributed by atoms with Crippen molar-refractivity contribution in [2.75, 3.05) is 97.1 Å². The van der Waals surface area contributed by atoms with Crippen LogP contribution >= 0.6 is 0 Å². The Hall–Kier alpha value is -6.04. The number of rotatable bonds is 7. The molecule has 7 heterocycles. The van der Waals surface area contributed by atoms with Crippen LogP contribution in [0.15, 0.2) is 146 Å². The van der Waals surface area contributed by atoms with Crippen LogP contribution in [0.2, 0.25) is 0 Å². The number of ether oxygens (including phenoxy) is 2. The number of hydrogen-bond donors (Lipinski definition) is 1. The number of hydrogen-bond acceptors (Lipinski definition) is 10. The van der Waals surface area contributed by atoms with Crippen molar-refractivity contribution in [1.82, 2.24) is 14.7 Å². The molecule has 1 N–H and O–H groups in total. The summed E-state index contributed by atoms with van der Waals surface area (Å²) in [6.45, 7) is 46.6. The van der Waals surface area contributed by atoms with Crippen LogP contribution in [0.4, 0.5) is 28.4 Å². The van der Waals surface area contributed by atoms with Gasteiger partial charge in [0.2, 0.25) is 0 Å². The van der Waals surface area contributed by atoms with Crippen LogP contribution in [-0.2, 0) is 43.6 Å². The second-order valence-electron chi connectivity index (χ2n) is 26.0. The molecule has 468 valence electrons. The molecule has 0 bridgehead atoms. The second kappa shape index (κ2) is 34.5. The van der Waals surface area contributed by atoms with Crippen LogP contribution in [0.25, 0.3) is 0 Å². The van der Waals surface area contributed by atoms with E-state index in [0.29, 0.717) is 42.3 Å². The molecule has 0 radical (unpaired) electrons. The molecular weight excluding hydrogens is 1060 g/mol. The molecule has 13 rings (SSSR count). The molecule has 10 heteroatoms. The maximum Gasteiger partial charge on any atom is 0.142 e. The summed E-state index contributed by atoms with van der Waals surface area (Å²) in [6, 6.07) is 56.1. The van der Waals surface area contributed by atoms with Gasteiger partial charge in [0, 0.05) is 126 Å². The molecule has 86 heavy (non-hydrogen) atoms. The highest BCUT2D eigenvalue weighted by Crippen LogP contribution is 2.34. The van der Waals surface area contributed by atoms with E-state index in [1.807, 2.05) is 12.1 Å². The zero-order valence-corrected chi connectivity index (χ0v) is 55.8. The minimum absolute atomic E-state index is 0.546. The topological polar surface area (TPSA) is 53.2 Å². The van der Waals surface area contributed by atoms with Crippen molar-refractivity contribution < 1.29 is 9.47 Å². The molecule has 0 saturated carbocycles. The molecule has 6 aromatic rings. The summed E-state index contributed by atoms with van der Waals surface area (Å²) in [5.41, 5.74) is 15.8. The fourth-order valence-electron chi connectivity index (χ4n) is 12.5. The summed E-state index contributed by atoms with van der Waals surface area (Å²) in [5.74, 6) is 1.02. The Kier molecular flexibility index (Phi) is 27.1. The van der Waals surface area contributed by atoms with E-state index < -0.39 is 0 Å². The lowest BCUT2D eigenvalue weighted by Crippen LogP contribution is -2.38. The highest BCUT2D eigenvalue weighted by Gasteiger charge is 2.24. The van der Waals surface area contributed by atoms with Crippen molar-refractivity contribution in [3.63, 3.8) is 0 Å². The van der Waals surface area contributed by atoms with Crippen molar-refractivity contribution in [2.24, 2.45) is 0 Å². The van der Waals surface area contributed by atoms with Gasteiger partial charge in [-0.05, 0) is 199 Å². The number of nitrogens with one attached hydrogen (secondary N) is 1. The first-order valence-corrected chi connectivity index (χ1v) is 33.2. The summed E-state index contributed by atoms with van der Waals surface area (Å²) in [5, 5.41) is 3.41. The maximum absolute atomic E-state index is 5.56. The van der Waals surface area contributed by atoms with Gasteiger partial charge in [-0.15, -0.1) is 0 Å². The molecule has 0 aromatic heterocycles. The van der Waals surface area contributed by atoms with E-state index in [2.05, 4.69) is 270 Å². The minimum atomic E-state index is 0.546. The summed E-state index contributed by atoms with van der Waals surface area (Å²) in [7, 11) is 0. The van der Waals surface area contributed by atoms with Gasteiger partial charge < -0.3 is 34.4 Å². The normalized spacial score (nSPS) is 16.9. The quantitative estimate of drug-likeness (QED) is 0.167. The van der Waals surface area contributed by atoms with Gasteiger partial charge in [-0.3, -0.25) is 14.7 Å². The van der Waals surface area contributed by atoms with Gasteiger partial charge in [-0.2, -0.15) is 0 Å². The highest BCUT2D eigenvalue weighted by molar-refractivity contribution is 5.72. The van der Waals surface area contributed by atoms with Crippen molar-refractivity contribution in [1.29, 1.82) is 0 Å². The van der Waals surface area contributed by atoms with Gasteiger partial charge in [-0.1, -0.05) is 109 Å². The third kappa shape index (κ3) is 19.7. The summed E-state index contributed by atoms with van der Waals surface area (Å²) in [6.07, 6.45) is 6.18. The Morgan fingerprint density at radius 1 is 0.314 bits per heavy atom. The van der Waals surface area contributed by atoms with Gasteiger partial charge in [-0.25, -0.2) is 0 Å². The monoisotopic (exact) mass is 1170 g/mol. The van der Waals surface area contributed by atoms with E-state index >= 15 is 0 Å². The smallest absolute Gasteiger partial charge is 0.142 e. The predicted molar refractivity (Wildman–Crippen MR) is 370 cm³/mol. The molecule has 6 aromatic carbocycles. The average molecular weight is 1170 g/mol. The summed E-state index contributed by atoms with van der Waals surface area (Å²) >= 11 is 0. The van der Waals surface area contributed by atoms with Crippen LogP contribution < -0.4 is 29.7 Å². The molecule has 7 aliphatic rings. The van der Waals surface area contributed by atoms with Crippen LogP contribution in [-0.4, -0.2) is 129 Å². The zero-order chi connectivity index (χ0) is 61.5. The van der Waals surface area contributed by atoms with Gasteiger partial charge in [0.1, 0.15) is 12.4 Å². The number of nitrogens with zero attached hydrogens (tertiary/aromatic N) is 7. The Labute approximate surface area is 522 Å². The predicted octanol–water partition coefficient (Wildman–Crippen LogP) is 15.9. The first kappa shape index (κ1) is 67.5. The Morgan fingerprint density at radius 2 is 0.756 bits per heavy atom. The van der Waals surface area contributed by atoms with Crippen LogP contribution in [0.3, 0.4) is 0 Å². The molecule has 7 aliphatic heterocycles. The molecule has 1 saturated heterocycles. The Morgan fingerprint density at radius 3 is 1.34 bits per heavy atom. The van der Waals surface area contributed by atoms with E-state index in [0.717, 1.165) is 71.4 Å². The second-order valence-corrected chi connectivity index (χ2v) is 26.0. The molecule has 0 atom stereocenters. The number of para-hydroxylation sites is 6. The number of anilines is 5. The van der Waals surface area contributed by atoms with Crippen LogP contribution in [0.1, 0.15) is 143 Å². The van der Waals surface area contributed by atoms with Gasteiger partial charge in [0.15, 0.2) is 0 Å². The van der Waals surface area contributed by atoms with Gasteiger partial charge in [0.25, 0.3) is 0 Å². The summed E-state index contributed by atoms with van der Waals surface area (Å²) in [4.78, 5) is 17.3. The van der Waals surface area contributed by atoms with E-state index in [4.69, 9.17) is 9.47 Å². The average Bonchev–Trinajstić information content (AvgIpc) is 3.40. The van der Waals surface area contributed by atoms with Crippen molar-refractivity contribution in [2.45, 2.75) is 191 Å². The molecule has 0 spiro atoms. The maximum atomic E-state index is 5.56. The van der Waals surface area contributed by atoms with Crippen molar-refractivity contribution in [3.05, 3.63) is 179 Å². The lowest BCUT2D eigenvalue weighted by molar-refractivity contribution is 0.136. The molecule has 1 fully saturated rings. The largest absolute Gasteiger partial charge is 0.490 e. The van der Waals surface area contributed by atoms with E-state index in [1.54, 1.807) is 5.56 Å². The van der Waals surface area contributed by atoms with Gasteiger partial charge in [0.05, 0.1) is 30.2 Å². The number of aryl methyl sites for hydroxylation is 1. The van der Waals surface area contributed by atoms with Crippen LogP contribution in [0.5, 0.6) is 5.75 Å².